The summed E-state index contributed by atoms with van der Waals surface area (Å²) in [7, 11) is -13.3. The molecule has 1 aliphatic carbocycles. The van der Waals surface area contributed by atoms with E-state index < -0.39 is 92.9 Å². The Labute approximate surface area is 312 Å². The second-order valence-electron chi connectivity index (χ2n) is 13.4. The highest BCUT2D eigenvalue weighted by atomic mass is 35.5. The van der Waals surface area contributed by atoms with E-state index in [9.17, 15) is 47.2 Å². The van der Waals surface area contributed by atoms with E-state index in [4.69, 9.17) is 17.3 Å². The quantitative estimate of drug-likeness (QED) is 0.177. The minimum absolute atomic E-state index is 0.0325. The van der Waals surface area contributed by atoms with Crippen LogP contribution in [0.25, 0.3) is 22.0 Å². The molecule has 0 saturated heterocycles. The van der Waals surface area contributed by atoms with Crippen LogP contribution in [0.5, 0.6) is 0 Å². The fourth-order valence-corrected chi connectivity index (χ4v) is 9.47. The number of benzene rings is 2. The standard InChI is InChI=1S/C33H32ClF6N5O6S3/c1-32(2,52(3,46)47)9-8-26-22-14-20(37)15-23(22)27(29(42-26)25(41)12-17-10-18(35)13-19(36)11-17)21-6-7-24(34)28-30(21)44(16-33(38,39)40)43-31(28)45(53(4,48)49)54(5,50)51/h6-7,10-11,13,20,25H,12,14-16,41H2,1-5H3/t20-,25-/m0/s1. The molecule has 11 nitrogen and oxygen atoms in total. The molecule has 2 N–H and O–H groups in total. The average molecular weight is 840 g/mol. The number of anilines is 1. The topological polar surface area (TPSA) is 162 Å². The fourth-order valence-electron chi connectivity index (χ4n) is 6.14. The second-order valence-corrected chi connectivity index (χ2v) is 20.3. The third-order valence-corrected chi connectivity index (χ3v) is 14.1. The van der Waals surface area contributed by atoms with Crippen LogP contribution in [0, 0.1) is 23.5 Å². The molecule has 2 heterocycles. The van der Waals surface area contributed by atoms with Gasteiger partial charge < -0.3 is 5.73 Å². The van der Waals surface area contributed by atoms with Crippen LogP contribution in [0.1, 0.15) is 48.0 Å². The molecule has 2 aromatic carbocycles. The molecule has 0 fully saturated rings. The zero-order chi connectivity index (χ0) is 40.5. The van der Waals surface area contributed by atoms with Crippen molar-refractivity contribution in [2.75, 3.05) is 22.5 Å². The smallest absolute Gasteiger partial charge is 0.322 e. The first-order valence-corrected chi connectivity index (χ1v) is 21.7. The number of sulfonamides is 2. The number of aromatic nitrogens is 3. The van der Waals surface area contributed by atoms with Crippen LogP contribution in [0.15, 0.2) is 30.3 Å². The number of nitrogens with zero attached hydrogens (tertiary/aromatic N) is 4. The maximum Gasteiger partial charge on any atom is 0.408 e. The van der Waals surface area contributed by atoms with Gasteiger partial charge in [-0.3, -0.25) is 4.68 Å². The molecule has 4 aromatic rings. The molecule has 0 saturated carbocycles. The zero-order valence-electron chi connectivity index (χ0n) is 29.1. The Hall–Kier alpha value is -3.90. The highest BCUT2D eigenvalue weighted by Gasteiger charge is 2.39. The number of halogens is 7. The number of alkyl halides is 4. The molecular weight excluding hydrogens is 808 g/mol. The van der Waals surface area contributed by atoms with Gasteiger partial charge in [-0.05, 0) is 61.1 Å². The monoisotopic (exact) mass is 839 g/mol. The normalized spacial score (nSPS) is 15.9. The van der Waals surface area contributed by atoms with E-state index in [1.54, 1.807) is 0 Å². The molecule has 0 bridgehead atoms. The first-order chi connectivity index (χ1) is 24.6. The van der Waals surface area contributed by atoms with Gasteiger partial charge in [-0.15, -0.1) is 3.71 Å². The summed E-state index contributed by atoms with van der Waals surface area (Å²) in [6.45, 7) is 0.772. The Balaban J connectivity index is 1.95. The minimum atomic E-state index is -5.02. The Morgan fingerprint density at radius 3 is 2.09 bits per heavy atom. The van der Waals surface area contributed by atoms with Crippen LogP contribution >= 0.6 is 11.6 Å². The SMILES string of the molecule is CC(C)(C#Cc1nc([C@@H](N)Cc2cc(F)cc(F)c2)c(-c2ccc(Cl)c3c(N(S(C)(=O)=O)S(C)(=O)=O)nn(CC(F)(F)F)c23)c2c1C[C@H](F)C2)S(C)(=O)=O. The van der Waals surface area contributed by atoms with E-state index in [1.165, 1.54) is 19.9 Å². The van der Waals surface area contributed by atoms with Crippen LogP contribution in [0.4, 0.5) is 32.2 Å². The Kier molecular flexibility index (Phi) is 10.7. The number of fused-ring (bicyclic) bond motifs is 2. The lowest BCUT2D eigenvalue weighted by Gasteiger charge is -2.22. The van der Waals surface area contributed by atoms with Crippen LogP contribution in [-0.2, 0) is 55.7 Å². The van der Waals surface area contributed by atoms with Crippen molar-refractivity contribution in [3.63, 3.8) is 0 Å². The van der Waals surface area contributed by atoms with E-state index in [0.717, 1.165) is 24.5 Å². The van der Waals surface area contributed by atoms with Gasteiger partial charge in [0.25, 0.3) is 0 Å². The van der Waals surface area contributed by atoms with Gasteiger partial charge in [0.2, 0.25) is 20.0 Å². The highest BCUT2D eigenvalue weighted by Crippen LogP contribution is 2.46. The summed E-state index contributed by atoms with van der Waals surface area (Å²) in [6, 6.07) is 3.60. The van der Waals surface area contributed by atoms with Crippen LogP contribution in [0.2, 0.25) is 5.02 Å². The lowest BCUT2D eigenvalue weighted by atomic mass is 9.89. The van der Waals surface area contributed by atoms with Gasteiger partial charge in [0.05, 0.1) is 40.2 Å². The number of pyridine rings is 1. The number of hydrogen-bond donors (Lipinski definition) is 1. The van der Waals surface area contributed by atoms with Crippen LogP contribution in [-0.4, -0.2) is 75.9 Å². The Bertz CT molecular complexity index is 2550. The summed E-state index contributed by atoms with van der Waals surface area (Å²) in [6.07, 6.45) is -5.71. The predicted molar refractivity (Wildman–Crippen MR) is 191 cm³/mol. The maximum atomic E-state index is 15.5. The van der Waals surface area contributed by atoms with Gasteiger partial charge in [0.1, 0.15) is 34.8 Å². The molecule has 0 spiro atoms. The molecule has 5 rings (SSSR count). The van der Waals surface area contributed by atoms with Crippen LogP contribution in [0.3, 0.4) is 0 Å². The fraction of sp³-hybridized carbons (Fsp3) is 0.394. The van der Waals surface area contributed by atoms with Crippen molar-refractivity contribution in [1.82, 2.24) is 14.8 Å². The molecule has 0 radical (unpaired) electrons. The molecule has 21 heteroatoms. The lowest BCUT2D eigenvalue weighted by molar-refractivity contribution is -0.141. The van der Waals surface area contributed by atoms with Gasteiger partial charge in [-0.1, -0.05) is 23.6 Å². The molecule has 0 amide bonds. The summed E-state index contributed by atoms with van der Waals surface area (Å²) in [5.41, 5.74) is 5.86. The van der Waals surface area contributed by atoms with Crippen molar-refractivity contribution in [2.24, 2.45) is 5.73 Å². The molecule has 2 aromatic heterocycles. The Morgan fingerprint density at radius 2 is 1.56 bits per heavy atom. The van der Waals surface area contributed by atoms with Gasteiger partial charge >= 0.3 is 6.18 Å². The van der Waals surface area contributed by atoms with E-state index in [-0.39, 0.29) is 62.2 Å². The van der Waals surface area contributed by atoms with Gasteiger partial charge in [-0.25, -0.2) is 43.4 Å². The van der Waals surface area contributed by atoms with Crippen molar-refractivity contribution in [2.45, 2.75) is 62.8 Å². The van der Waals surface area contributed by atoms with Crippen LogP contribution < -0.4 is 9.44 Å². The van der Waals surface area contributed by atoms with Gasteiger partial charge in [-0.2, -0.15) is 18.3 Å². The molecule has 292 valence electrons. The van der Waals surface area contributed by atoms with Crippen molar-refractivity contribution in [3.8, 4) is 23.0 Å². The van der Waals surface area contributed by atoms with Crippen molar-refractivity contribution >= 4 is 58.2 Å². The molecule has 54 heavy (non-hydrogen) atoms. The zero-order valence-corrected chi connectivity index (χ0v) is 32.3. The molecule has 1 aliphatic rings. The highest BCUT2D eigenvalue weighted by molar-refractivity contribution is 8.09. The van der Waals surface area contributed by atoms with Gasteiger partial charge in [0, 0.05) is 36.3 Å². The summed E-state index contributed by atoms with van der Waals surface area (Å²) < 4.78 is 161. The average Bonchev–Trinajstić information content (AvgIpc) is 3.53. The van der Waals surface area contributed by atoms with E-state index in [2.05, 4.69) is 21.9 Å². The first kappa shape index (κ1) is 41.3. The van der Waals surface area contributed by atoms with E-state index in [0.29, 0.717) is 23.3 Å². The molecule has 0 aliphatic heterocycles. The third kappa shape index (κ3) is 8.34. The summed E-state index contributed by atoms with van der Waals surface area (Å²) in [5, 5.41) is 2.87. The maximum absolute atomic E-state index is 15.5. The molecular formula is C33H32ClF6N5O6S3. The summed E-state index contributed by atoms with van der Waals surface area (Å²) >= 11 is 6.49. The third-order valence-electron chi connectivity index (χ3n) is 8.63. The molecule has 2 atom stereocenters. The number of nitrogens with two attached hydrogens (primary N) is 1. The van der Waals surface area contributed by atoms with Crippen molar-refractivity contribution in [3.05, 3.63) is 75.1 Å². The minimum Gasteiger partial charge on any atom is -0.322 e. The second kappa shape index (κ2) is 14.0. The summed E-state index contributed by atoms with van der Waals surface area (Å²) in [4.78, 5) is 4.60. The Morgan fingerprint density at radius 1 is 0.981 bits per heavy atom. The van der Waals surface area contributed by atoms with E-state index >= 15 is 4.39 Å². The number of hydrogen-bond acceptors (Lipinski definition) is 9. The lowest BCUT2D eigenvalue weighted by Crippen LogP contribution is -2.36. The first-order valence-electron chi connectivity index (χ1n) is 15.7. The van der Waals surface area contributed by atoms with Crippen molar-refractivity contribution < 1.29 is 51.6 Å². The molecule has 0 unspecified atom stereocenters. The number of rotatable bonds is 9. The predicted octanol–water partition coefficient (Wildman–Crippen LogP) is 5.17. The van der Waals surface area contributed by atoms with Crippen molar-refractivity contribution in [1.29, 1.82) is 0 Å². The van der Waals surface area contributed by atoms with Gasteiger partial charge in [0.15, 0.2) is 15.7 Å². The largest absolute Gasteiger partial charge is 0.408 e. The summed E-state index contributed by atoms with van der Waals surface area (Å²) in [5.74, 6) is 2.45. The van der Waals surface area contributed by atoms with E-state index in [1.807, 2.05) is 0 Å². The number of sulfone groups is 1.